The van der Waals surface area contributed by atoms with Crippen LogP contribution in [0.25, 0.3) is 0 Å². The number of hydrogen-bond donors (Lipinski definition) is 2. The molecule has 0 bridgehead atoms. The van der Waals surface area contributed by atoms with Gasteiger partial charge in [-0.3, -0.25) is 4.79 Å². The fourth-order valence-corrected chi connectivity index (χ4v) is 3.14. The number of piperidine rings is 1. The number of carbonyl (C=O) groups excluding carboxylic acids is 1. The second-order valence-electron chi connectivity index (χ2n) is 5.84. The van der Waals surface area contributed by atoms with E-state index < -0.39 is 0 Å². The number of rotatable bonds is 1. The summed E-state index contributed by atoms with van der Waals surface area (Å²) in [6, 6.07) is 9.89. The normalized spacial score (nSPS) is 23.3. The van der Waals surface area contributed by atoms with Crippen molar-refractivity contribution >= 4 is 5.91 Å². The second kappa shape index (κ2) is 5.68. The van der Waals surface area contributed by atoms with E-state index in [1.54, 1.807) is 0 Å². The van der Waals surface area contributed by atoms with Crippen molar-refractivity contribution in [2.45, 2.75) is 43.7 Å². The van der Waals surface area contributed by atoms with Gasteiger partial charge in [-0.15, -0.1) is 0 Å². The van der Waals surface area contributed by atoms with E-state index in [0.717, 1.165) is 24.9 Å². The molecule has 1 saturated heterocycles. The van der Waals surface area contributed by atoms with Gasteiger partial charge < -0.3 is 10.6 Å². The topological polar surface area (TPSA) is 41.1 Å². The van der Waals surface area contributed by atoms with Crippen LogP contribution in [-0.2, 0) is 4.79 Å². The molecule has 2 aliphatic rings. The number of hydrogen-bond acceptors (Lipinski definition) is 2. The summed E-state index contributed by atoms with van der Waals surface area (Å²) in [6.07, 6.45) is 5.85. The summed E-state index contributed by atoms with van der Waals surface area (Å²) in [6.45, 7) is 0.997. The largest absolute Gasteiger partial charge is 0.342 e. The lowest BCUT2D eigenvalue weighted by atomic mass is 9.70. The lowest BCUT2D eigenvalue weighted by Gasteiger charge is -2.48. The van der Waals surface area contributed by atoms with E-state index in [-0.39, 0.29) is 11.9 Å². The Bertz CT molecular complexity index is 537. The Labute approximate surface area is 120 Å². The van der Waals surface area contributed by atoms with Crippen molar-refractivity contribution in [2.75, 3.05) is 6.54 Å². The summed E-state index contributed by atoms with van der Waals surface area (Å²) in [4.78, 5) is 11.9. The van der Waals surface area contributed by atoms with E-state index in [4.69, 9.17) is 0 Å². The first-order chi connectivity index (χ1) is 9.76. The molecule has 3 rings (SSSR count). The van der Waals surface area contributed by atoms with Gasteiger partial charge in [0.1, 0.15) is 0 Å². The van der Waals surface area contributed by atoms with Crippen LogP contribution < -0.4 is 10.6 Å². The predicted octanol–water partition coefficient (Wildman–Crippen LogP) is 1.83. The third-order valence-corrected chi connectivity index (χ3v) is 4.37. The minimum atomic E-state index is -0.157. The molecular weight excluding hydrogens is 248 g/mol. The third-order valence-electron chi connectivity index (χ3n) is 4.37. The monoisotopic (exact) mass is 268 g/mol. The second-order valence-corrected chi connectivity index (χ2v) is 5.84. The molecular formula is C17H20N2O. The molecule has 1 saturated carbocycles. The number of amides is 1. The zero-order valence-electron chi connectivity index (χ0n) is 11.6. The molecule has 3 heteroatoms. The maximum Gasteiger partial charge on any atom is 0.296 e. The van der Waals surface area contributed by atoms with Crippen LogP contribution in [-0.4, -0.2) is 24.0 Å². The minimum Gasteiger partial charge on any atom is -0.342 e. The van der Waals surface area contributed by atoms with E-state index in [1.807, 2.05) is 30.3 Å². The van der Waals surface area contributed by atoms with Crippen molar-refractivity contribution in [1.29, 1.82) is 0 Å². The predicted molar refractivity (Wildman–Crippen MR) is 79.1 cm³/mol. The standard InChI is InChI=1S/C17H20N2O/c20-16(8-7-14-5-2-1-3-6-14)19-15-9-12-18-17(13-15)10-4-11-17/h1-3,5-6,15,18H,4,9-13H2,(H,19,20). The van der Waals surface area contributed by atoms with Gasteiger partial charge in [-0.1, -0.05) is 24.1 Å². The zero-order chi connectivity index (χ0) is 13.8. The highest BCUT2D eigenvalue weighted by molar-refractivity contribution is 5.94. The highest BCUT2D eigenvalue weighted by Crippen LogP contribution is 2.38. The van der Waals surface area contributed by atoms with Crippen molar-refractivity contribution in [3.63, 3.8) is 0 Å². The molecule has 1 amide bonds. The molecule has 1 spiro atoms. The number of carbonyl (C=O) groups is 1. The summed E-state index contributed by atoms with van der Waals surface area (Å²) in [5.74, 6) is 5.44. The van der Waals surface area contributed by atoms with Crippen LogP contribution in [0.15, 0.2) is 30.3 Å². The van der Waals surface area contributed by atoms with Crippen molar-refractivity contribution in [1.82, 2.24) is 10.6 Å². The highest BCUT2D eigenvalue weighted by atomic mass is 16.1. The van der Waals surface area contributed by atoms with E-state index in [9.17, 15) is 4.79 Å². The quantitative estimate of drug-likeness (QED) is 0.763. The Morgan fingerprint density at radius 2 is 2.10 bits per heavy atom. The fourth-order valence-electron chi connectivity index (χ4n) is 3.14. The van der Waals surface area contributed by atoms with Crippen molar-refractivity contribution in [3.8, 4) is 11.8 Å². The highest BCUT2D eigenvalue weighted by Gasteiger charge is 2.41. The van der Waals surface area contributed by atoms with Crippen LogP contribution in [0.3, 0.4) is 0 Å². The first-order valence-corrected chi connectivity index (χ1v) is 7.38. The average Bonchev–Trinajstić information content (AvgIpc) is 2.45. The molecule has 2 N–H and O–H groups in total. The fraction of sp³-hybridized carbons (Fsp3) is 0.471. The smallest absolute Gasteiger partial charge is 0.296 e. The lowest BCUT2D eigenvalue weighted by molar-refractivity contribution is -0.116. The van der Waals surface area contributed by atoms with Gasteiger partial charge in [0.25, 0.3) is 5.91 Å². The average molecular weight is 268 g/mol. The molecule has 1 aromatic rings. The Kier molecular flexibility index (Phi) is 3.75. The van der Waals surface area contributed by atoms with Crippen LogP contribution in [0.5, 0.6) is 0 Å². The van der Waals surface area contributed by atoms with Gasteiger partial charge in [0, 0.05) is 23.1 Å². The summed E-state index contributed by atoms with van der Waals surface area (Å²) in [7, 11) is 0. The van der Waals surface area contributed by atoms with Gasteiger partial charge in [0.05, 0.1) is 0 Å². The van der Waals surface area contributed by atoms with Gasteiger partial charge in [-0.05, 0) is 50.8 Å². The molecule has 1 unspecified atom stereocenters. The van der Waals surface area contributed by atoms with E-state index in [2.05, 4.69) is 22.5 Å². The Morgan fingerprint density at radius 3 is 2.80 bits per heavy atom. The molecule has 0 aromatic heterocycles. The number of nitrogens with one attached hydrogen (secondary N) is 2. The van der Waals surface area contributed by atoms with Crippen molar-refractivity contribution in [3.05, 3.63) is 35.9 Å². The lowest BCUT2D eigenvalue weighted by Crippen LogP contribution is -2.59. The minimum absolute atomic E-state index is 0.157. The van der Waals surface area contributed by atoms with Gasteiger partial charge >= 0.3 is 0 Å². The van der Waals surface area contributed by atoms with Crippen LogP contribution in [0, 0.1) is 11.8 Å². The van der Waals surface area contributed by atoms with Crippen molar-refractivity contribution < 1.29 is 4.79 Å². The third kappa shape index (κ3) is 3.02. The summed E-state index contributed by atoms with van der Waals surface area (Å²) in [5, 5.41) is 6.67. The van der Waals surface area contributed by atoms with Crippen LogP contribution >= 0.6 is 0 Å². The Morgan fingerprint density at radius 1 is 1.30 bits per heavy atom. The molecule has 1 heterocycles. The molecule has 1 aliphatic heterocycles. The molecule has 3 nitrogen and oxygen atoms in total. The molecule has 104 valence electrons. The molecule has 20 heavy (non-hydrogen) atoms. The first kappa shape index (κ1) is 13.2. The van der Waals surface area contributed by atoms with Gasteiger partial charge in [-0.2, -0.15) is 0 Å². The summed E-state index contributed by atoms with van der Waals surface area (Å²) < 4.78 is 0. The maximum absolute atomic E-state index is 11.9. The molecule has 2 fully saturated rings. The van der Waals surface area contributed by atoms with Gasteiger partial charge in [-0.25, -0.2) is 0 Å². The Balaban J connectivity index is 1.55. The van der Waals surface area contributed by atoms with Gasteiger partial charge in [0.15, 0.2) is 0 Å². The SMILES string of the molecule is O=C(C#Cc1ccccc1)NC1CCNC2(CCC2)C1. The first-order valence-electron chi connectivity index (χ1n) is 7.38. The summed E-state index contributed by atoms with van der Waals surface area (Å²) in [5.41, 5.74) is 1.19. The van der Waals surface area contributed by atoms with Crippen LogP contribution in [0.4, 0.5) is 0 Å². The van der Waals surface area contributed by atoms with E-state index >= 15 is 0 Å². The Hall–Kier alpha value is -1.79. The number of benzene rings is 1. The molecule has 1 aromatic carbocycles. The van der Waals surface area contributed by atoms with Crippen LogP contribution in [0.2, 0.25) is 0 Å². The van der Waals surface area contributed by atoms with E-state index in [1.165, 1.54) is 19.3 Å². The van der Waals surface area contributed by atoms with Crippen LogP contribution in [0.1, 0.15) is 37.7 Å². The van der Waals surface area contributed by atoms with Gasteiger partial charge in [0.2, 0.25) is 0 Å². The summed E-state index contributed by atoms with van der Waals surface area (Å²) >= 11 is 0. The maximum atomic E-state index is 11.9. The zero-order valence-corrected chi connectivity index (χ0v) is 11.6. The molecule has 1 atom stereocenters. The molecule has 0 radical (unpaired) electrons. The van der Waals surface area contributed by atoms with E-state index in [0.29, 0.717) is 5.54 Å². The molecule has 1 aliphatic carbocycles. The van der Waals surface area contributed by atoms with Crippen molar-refractivity contribution in [2.24, 2.45) is 0 Å².